The van der Waals surface area contributed by atoms with Gasteiger partial charge in [-0.05, 0) is 24.1 Å². The number of hydrogen-bond acceptors (Lipinski definition) is 2. The zero-order valence-electron chi connectivity index (χ0n) is 10.1. The lowest BCUT2D eigenvalue weighted by Crippen LogP contribution is -2.01. The van der Waals surface area contributed by atoms with Gasteiger partial charge in [0.15, 0.2) is 0 Å². The minimum absolute atomic E-state index is 0.0523. The van der Waals surface area contributed by atoms with Crippen molar-refractivity contribution < 1.29 is 9.90 Å². The van der Waals surface area contributed by atoms with Crippen LogP contribution in [0.3, 0.4) is 0 Å². The summed E-state index contributed by atoms with van der Waals surface area (Å²) in [5.74, 6) is -0.913. The number of carboxylic acids is 1. The molecule has 0 aliphatic carbocycles. The van der Waals surface area contributed by atoms with Gasteiger partial charge < -0.3 is 5.11 Å². The van der Waals surface area contributed by atoms with Crippen LogP contribution in [0, 0.1) is 0 Å². The van der Waals surface area contributed by atoms with Crippen LogP contribution >= 0.6 is 11.6 Å². The Hall–Kier alpha value is -1.81. The molecule has 18 heavy (non-hydrogen) atoms. The Bertz CT molecular complexity index is 590. The van der Waals surface area contributed by atoms with E-state index in [9.17, 15) is 4.79 Å². The standard InChI is InChI=1S/C13H13ClN2O2/c1-8(2)12-11(13(17)18)7-16(15-12)10-5-3-4-9(14)6-10/h3-8H,1-2H3,(H,17,18). The number of aromatic nitrogens is 2. The van der Waals surface area contributed by atoms with Crippen LogP contribution in [-0.4, -0.2) is 20.9 Å². The lowest BCUT2D eigenvalue weighted by Gasteiger charge is -2.02. The topological polar surface area (TPSA) is 55.1 Å². The fourth-order valence-corrected chi connectivity index (χ4v) is 1.91. The highest BCUT2D eigenvalue weighted by Crippen LogP contribution is 2.21. The van der Waals surface area contributed by atoms with Crippen molar-refractivity contribution >= 4 is 17.6 Å². The van der Waals surface area contributed by atoms with E-state index < -0.39 is 5.97 Å². The molecule has 0 radical (unpaired) electrons. The van der Waals surface area contributed by atoms with Crippen LogP contribution in [-0.2, 0) is 0 Å². The Balaban J connectivity index is 2.53. The number of nitrogens with zero attached hydrogens (tertiary/aromatic N) is 2. The molecule has 5 heteroatoms. The normalized spacial score (nSPS) is 10.9. The molecular formula is C13H13ClN2O2. The van der Waals surface area contributed by atoms with Crippen molar-refractivity contribution in [2.45, 2.75) is 19.8 Å². The molecule has 0 unspecified atom stereocenters. The van der Waals surface area contributed by atoms with Gasteiger partial charge in [-0.25, -0.2) is 9.48 Å². The molecule has 0 aliphatic heterocycles. The molecule has 0 aliphatic rings. The zero-order chi connectivity index (χ0) is 13.3. The van der Waals surface area contributed by atoms with Gasteiger partial charge in [0, 0.05) is 11.2 Å². The number of benzene rings is 1. The van der Waals surface area contributed by atoms with Crippen molar-refractivity contribution in [2.24, 2.45) is 0 Å². The molecule has 1 aromatic heterocycles. The summed E-state index contributed by atoms with van der Waals surface area (Å²) in [5.41, 5.74) is 1.55. The molecule has 0 atom stereocenters. The number of halogens is 1. The van der Waals surface area contributed by atoms with Crippen LogP contribution in [0.4, 0.5) is 0 Å². The Labute approximate surface area is 110 Å². The molecule has 0 bridgehead atoms. The average molecular weight is 265 g/mol. The third-order valence-electron chi connectivity index (χ3n) is 2.59. The Morgan fingerprint density at radius 3 is 2.67 bits per heavy atom. The average Bonchev–Trinajstić information content (AvgIpc) is 2.73. The van der Waals surface area contributed by atoms with Crippen LogP contribution in [0.2, 0.25) is 5.02 Å². The summed E-state index contributed by atoms with van der Waals surface area (Å²) in [6.07, 6.45) is 1.52. The lowest BCUT2D eigenvalue weighted by atomic mass is 10.1. The first-order valence-electron chi connectivity index (χ1n) is 5.58. The molecule has 0 saturated heterocycles. The van der Waals surface area contributed by atoms with Crippen LogP contribution in [0.25, 0.3) is 5.69 Å². The molecule has 4 nitrogen and oxygen atoms in total. The van der Waals surface area contributed by atoms with Gasteiger partial charge in [0.05, 0.1) is 11.4 Å². The zero-order valence-corrected chi connectivity index (χ0v) is 10.8. The summed E-state index contributed by atoms with van der Waals surface area (Å²) in [6, 6.07) is 7.13. The van der Waals surface area contributed by atoms with Crippen LogP contribution in [0.1, 0.15) is 35.8 Å². The van der Waals surface area contributed by atoms with Gasteiger partial charge in [-0.2, -0.15) is 5.10 Å². The van der Waals surface area contributed by atoms with E-state index in [2.05, 4.69) is 5.10 Å². The maximum absolute atomic E-state index is 11.2. The van der Waals surface area contributed by atoms with Gasteiger partial charge in [-0.3, -0.25) is 0 Å². The van der Waals surface area contributed by atoms with Crippen molar-refractivity contribution in [1.29, 1.82) is 0 Å². The van der Waals surface area contributed by atoms with Crippen molar-refractivity contribution in [2.75, 3.05) is 0 Å². The fourth-order valence-electron chi connectivity index (χ4n) is 1.73. The predicted molar refractivity (Wildman–Crippen MR) is 69.6 cm³/mol. The number of carboxylic acid groups (broad SMARTS) is 1. The highest BCUT2D eigenvalue weighted by atomic mass is 35.5. The quantitative estimate of drug-likeness (QED) is 0.925. The fraction of sp³-hybridized carbons (Fsp3) is 0.231. The molecule has 2 aromatic rings. The number of rotatable bonds is 3. The van der Waals surface area contributed by atoms with Gasteiger partial charge in [0.25, 0.3) is 0 Å². The molecule has 0 spiro atoms. The van der Waals surface area contributed by atoms with Crippen molar-refractivity contribution in [1.82, 2.24) is 9.78 Å². The van der Waals surface area contributed by atoms with E-state index in [4.69, 9.17) is 16.7 Å². The minimum Gasteiger partial charge on any atom is -0.478 e. The smallest absolute Gasteiger partial charge is 0.339 e. The second-order valence-electron chi connectivity index (χ2n) is 4.31. The molecule has 0 fully saturated rings. The Morgan fingerprint density at radius 2 is 2.17 bits per heavy atom. The van der Waals surface area contributed by atoms with E-state index >= 15 is 0 Å². The summed E-state index contributed by atoms with van der Waals surface area (Å²) in [7, 11) is 0. The minimum atomic E-state index is -0.966. The molecule has 1 aromatic carbocycles. The van der Waals surface area contributed by atoms with Gasteiger partial charge in [-0.15, -0.1) is 0 Å². The van der Waals surface area contributed by atoms with Crippen molar-refractivity contribution in [3.05, 3.63) is 46.7 Å². The van der Waals surface area contributed by atoms with E-state index in [-0.39, 0.29) is 11.5 Å². The van der Waals surface area contributed by atoms with Gasteiger partial charge in [0.1, 0.15) is 5.56 Å². The summed E-state index contributed by atoms with van der Waals surface area (Å²) in [6.45, 7) is 3.83. The maximum Gasteiger partial charge on any atom is 0.339 e. The summed E-state index contributed by atoms with van der Waals surface area (Å²) >= 11 is 5.91. The predicted octanol–water partition coefficient (Wildman–Crippen LogP) is 3.35. The first-order valence-corrected chi connectivity index (χ1v) is 5.95. The Kier molecular flexibility index (Phi) is 3.39. The van der Waals surface area contributed by atoms with Crippen LogP contribution in [0.5, 0.6) is 0 Å². The first-order chi connectivity index (χ1) is 8.49. The number of carbonyl (C=O) groups is 1. The summed E-state index contributed by atoms with van der Waals surface area (Å²) in [4.78, 5) is 11.2. The third-order valence-corrected chi connectivity index (χ3v) is 2.83. The van der Waals surface area contributed by atoms with E-state index in [1.54, 1.807) is 22.9 Å². The third kappa shape index (κ3) is 2.38. The SMILES string of the molecule is CC(C)c1nn(-c2cccc(Cl)c2)cc1C(=O)O. The maximum atomic E-state index is 11.2. The summed E-state index contributed by atoms with van der Waals surface area (Å²) < 4.78 is 1.55. The molecule has 1 heterocycles. The van der Waals surface area contributed by atoms with Crippen molar-refractivity contribution in [3.8, 4) is 5.69 Å². The highest BCUT2D eigenvalue weighted by Gasteiger charge is 2.18. The second-order valence-corrected chi connectivity index (χ2v) is 4.75. The van der Waals surface area contributed by atoms with Gasteiger partial charge >= 0.3 is 5.97 Å². The van der Waals surface area contributed by atoms with E-state index in [0.29, 0.717) is 10.7 Å². The largest absolute Gasteiger partial charge is 0.478 e. The molecule has 1 N–H and O–H groups in total. The Morgan fingerprint density at radius 1 is 1.44 bits per heavy atom. The highest BCUT2D eigenvalue weighted by molar-refractivity contribution is 6.30. The van der Waals surface area contributed by atoms with Crippen LogP contribution in [0.15, 0.2) is 30.5 Å². The van der Waals surface area contributed by atoms with Crippen molar-refractivity contribution in [3.63, 3.8) is 0 Å². The summed E-state index contributed by atoms with van der Waals surface area (Å²) in [5, 5.41) is 14.1. The second kappa shape index (κ2) is 4.82. The molecular weight excluding hydrogens is 252 g/mol. The van der Waals surface area contributed by atoms with Gasteiger partial charge in [0.2, 0.25) is 0 Å². The number of hydrogen-bond donors (Lipinski definition) is 1. The lowest BCUT2D eigenvalue weighted by molar-refractivity contribution is 0.0695. The first kappa shape index (κ1) is 12.6. The van der Waals surface area contributed by atoms with E-state index in [0.717, 1.165) is 5.69 Å². The molecule has 0 amide bonds. The van der Waals surface area contributed by atoms with E-state index in [1.165, 1.54) is 6.20 Å². The van der Waals surface area contributed by atoms with E-state index in [1.807, 2.05) is 19.9 Å². The molecule has 2 rings (SSSR count). The van der Waals surface area contributed by atoms with Crippen LogP contribution < -0.4 is 0 Å². The number of aromatic carboxylic acids is 1. The molecule has 0 saturated carbocycles. The monoisotopic (exact) mass is 264 g/mol. The molecule has 94 valence electrons. The van der Waals surface area contributed by atoms with Gasteiger partial charge in [-0.1, -0.05) is 31.5 Å².